The number of nitrogens with zero attached hydrogens (tertiary/aromatic N) is 4. The van der Waals surface area contributed by atoms with Crippen LogP contribution in [-0.4, -0.2) is 52.9 Å². The molecule has 0 aliphatic carbocycles. The molecule has 1 aromatic heterocycles. The van der Waals surface area contributed by atoms with Crippen molar-refractivity contribution in [2.75, 3.05) is 36.4 Å². The van der Waals surface area contributed by atoms with Crippen LogP contribution in [-0.2, 0) is 4.79 Å². The molecule has 1 amide bonds. The average Bonchev–Trinajstić information content (AvgIpc) is 2.87. The number of nitrogens with one attached hydrogen (secondary N) is 1. The predicted octanol–water partition coefficient (Wildman–Crippen LogP) is 4.81. The molecule has 1 aliphatic heterocycles. The molecule has 34 heavy (non-hydrogen) atoms. The fraction of sp³-hybridized carbons (Fsp3) is 0.385. The van der Waals surface area contributed by atoms with E-state index in [1.54, 1.807) is 18.5 Å². The van der Waals surface area contributed by atoms with Crippen molar-refractivity contribution in [2.24, 2.45) is 0 Å². The lowest BCUT2D eigenvalue weighted by atomic mass is 9.97. The highest BCUT2D eigenvalue weighted by Crippen LogP contribution is 2.33. The Kier molecular flexibility index (Phi) is 7.07. The van der Waals surface area contributed by atoms with Crippen LogP contribution < -0.4 is 10.2 Å². The number of carbonyl (C=O) groups is 1. The monoisotopic (exact) mass is 461 g/mol. The Labute approximate surface area is 199 Å². The summed E-state index contributed by atoms with van der Waals surface area (Å²) in [4.78, 5) is 32.6. The Morgan fingerprint density at radius 1 is 1.09 bits per heavy atom. The van der Waals surface area contributed by atoms with Crippen molar-refractivity contribution in [3.05, 3.63) is 70.5 Å². The van der Waals surface area contributed by atoms with Crippen molar-refractivity contribution in [1.82, 2.24) is 9.88 Å². The van der Waals surface area contributed by atoms with Crippen molar-refractivity contribution in [3.8, 4) is 0 Å². The number of pyridine rings is 1. The van der Waals surface area contributed by atoms with Gasteiger partial charge in [-0.2, -0.15) is 0 Å². The second-order valence-electron chi connectivity index (χ2n) is 8.87. The number of benzene rings is 2. The molecule has 1 fully saturated rings. The van der Waals surface area contributed by atoms with Gasteiger partial charge >= 0.3 is 0 Å². The first-order valence-corrected chi connectivity index (χ1v) is 11.8. The van der Waals surface area contributed by atoms with Crippen molar-refractivity contribution in [1.29, 1.82) is 0 Å². The van der Waals surface area contributed by atoms with Gasteiger partial charge in [-0.25, -0.2) is 0 Å². The lowest BCUT2D eigenvalue weighted by molar-refractivity contribution is -0.383. The molecule has 0 bridgehead atoms. The van der Waals surface area contributed by atoms with Crippen molar-refractivity contribution in [3.63, 3.8) is 0 Å². The maximum atomic E-state index is 13.1. The molecule has 3 aromatic rings. The number of carbonyl (C=O) groups excluding carboxylic acids is 1. The molecular formula is C26H31N5O3. The van der Waals surface area contributed by atoms with Crippen LogP contribution in [0.2, 0.25) is 0 Å². The van der Waals surface area contributed by atoms with Crippen LogP contribution in [0.3, 0.4) is 0 Å². The molecule has 8 heteroatoms. The smallest absolute Gasteiger partial charge is 0.278 e. The van der Waals surface area contributed by atoms with E-state index in [2.05, 4.69) is 40.0 Å². The zero-order valence-electron chi connectivity index (χ0n) is 19.9. The van der Waals surface area contributed by atoms with Crippen LogP contribution in [0.15, 0.2) is 54.9 Å². The highest BCUT2D eigenvalue weighted by atomic mass is 16.6. The largest absolute Gasteiger partial charge is 0.368 e. The fourth-order valence-electron chi connectivity index (χ4n) is 4.61. The number of non-ortho nitro benzene ring substituents is 1. The molecule has 4 rings (SSSR count). The van der Waals surface area contributed by atoms with E-state index in [9.17, 15) is 14.9 Å². The minimum absolute atomic E-state index is 0.00365. The number of anilines is 2. The number of rotatable bonds is 7. The second-order valence-corrected chi connectivity index (χ2v) is 8.87. The Morgan fingerprint density at radius 2 is 1.82 bits per heavy atom. The predicted molar refractivity (Wildman–Crippen MR) is 135 cm³/mol. The number of aromatic nitrogens is 1. The topological polar surface area (TPSA) is 91.6 Å². The molecule has 1 N–H and O–H groups in total. The molecule has 2 heterocycles. The molecule has 0 spiro atoms. The van der Waals surface area contributed by atoms with Crippen LogP contribution >= 0.6 is 0 Å². The van der Waals surface area contributed by atoms with Crippen molar-refractivity contribution in [2.45, 2.75) is 39.2 Å². The summed E-state index contributed by atoms with van der Waals surface area (Å²) in [7, 11) is 0. The van der Waals surface area contributed by atoms with E-state index in [-0.39, 0.29) is 22.6 Å². The maximum absolute atomic E-state index is 13.1. The Morgan fingerprint density at radius 3 is 2.53 bits per heavy atom. The van der Waals surface area contributed by atoms with Gasteiger partial charge in [-0.05, 0) is 43.0 Å². The van der Waals surface area contributed by atoms with Gasteiger partial charge in [-0.3, -0.25) is 24.8 Å². The number of nitro benzene ring substituents is 1. The van der Waals surface area contributed by atoms with Crippen LogP contribution in [0.1, 0.15) is 38.7 Å². The molecule has 1 saturated heterocycles. The first kappa shape index (κ1) is 23.6. The van der Waals surface area contributed by atoms with Crippen molar-refractivity contribution < 1.29 is 9.72 Å². The number of fused-ring (bicyclic) bond motifs is 1. The summed E-state index contributed by atoms with van der Waals surface area (Å²) in [5, 5.41) is 15.9. The minimum atomic E-state index is -0.370. The summed E-state index contributed by atoms with van der Waals surface area (Å²) in [6.07, 6.45) is 4.23. The number of hydrogen-bond donors (Lipinski definition) is 1. The number of piperazine rings is 1. The zero-order chi connectivity index (χ0) is 24.2. The summed E-state index contributed by atoms with van der Waals surface area (Å²) in [5.74, 6) is 0.373. The molecule has 0 radical (unpaired) electrons. The van der Waals surface area contributed by atoms with E-state index < -0.39 is 0 Å². The molecule has 1 aliphatic rings. The number of nitro groups is 1. The van der Waals surface area contributed by atoms with Gasteiger partial charge < -0.3 is 10.2 Å². The second kappa shape index (κ2) is 10.2. The van der Waals surface area contributed by atoms with Crippen molar-refractivity contribution >= 4 is 33.7 Å². The average molecular weight is 462 g/mol. The lowest BCUT2D eigenvalue weighted by Gasteiger charge is -2.39. The number of hydrogen-bond acceptors (Lipinski definition) is 6. The summed E-state index contributed by atoms with van der Waals surface area (Å²) >= 11 is 0. The van der Waals surface area contributed by atoms with Crippen LogP contribution in [0.5, 0.6) is 0 Å². The Balaban J connectivity index is 1.44. The zero-order valence-corrected chi connectivity index (χ0v) is 19.9. The summed E-state index contributed by atoms with van der Waals surface area (Å²) in [6.45, 7) is 9.19. The van der Waals surface area contributed by atoms with Crippen LogP contribution in [0, 0.1) is 10.1 Å². The molecule has 0 unspecified atom stereocenters. The standard InChI is InChI=1S/C26H31N5O3/c1-4-18(2)20-7-5-6-8-23(20)28-26(32)19(3)29-13-15-30(16-14-29)24-9-10-25(31(33)34)22-17-27-12-11-21(22)24/h5-12,17-19H,4,13-16H2,1-3H3,(H,28,32)/t18-,19-/m0/s1. The van der Waals surface area contributed by atoms with Gasteiger partial charge in [0.2, 0.25) is 5.91 Å². The number of amides is 1. The van der Waals surface area contributed by atoms with Crippen LogP contribution in [0.4, 0.5) is 17.1 Å². The first-order chi connectivity index (χ1) is 16.4. The van der Waals surface area contributed by atoms with Gasteiger partial charge in [0.25, 0.3) is 5.69 Å². The third kappa shape index (κ3) is 4.72. The van der Waals surface area contributed by atoms with Gasteiger partial charge in [-0.1, -0.05) is 32.0 Å². The molecule has 8 nitrogen and oxygen atoms in total. The summed E-state index contributed by atoms with van der Waals surface area (Å²) < 4.78 is 0. The Hall–Kier alpha value is -3.52. The van der Waals surface area contributed by atoms with E-state index in [1.807, 2.05) is 37.3 Å². The first-order valence-electron chi connectivity index (χ1n) is 11.8. The molecule has 2 aromatic carbocycles. The van der Waals surface area contributed by atoms with E-state index in [1.165, 1.54) is 0 Å². The number of para-hydroxylation sites is 1. The minimum Gasteiger partial charge on any atom is -0.368 e. The molecular weight excluding hydrogens is 430 g/mol. The van der Waals surface area contributed by atoms with Gasteiger partial charge in [0, 0.05) is 61.4 Å². The van der Waals surface area contributed by atoms with E-state index in [0.29, 0.717) is 11.3 Å². The molecule has 178 valence electrons. The van der Waals surface area contributed by atoms with Gasteiger partial charge in [0.1, 0.15) is 0 Å². The highest BCUT2D eigenvalue weighted by molar-refractivity contribution is 5.99. The summed E-state index contributed by atoms with van der Waals surface area (Å²) in [5.41, 5.74) is 3.07. The fourth-order valence-corrected chi connectivity index (χ4v) is 4.61. The molecule has 2 atom stereocenters. The normalized spacial score (nSPS) is 16.3. The lowest BCUT2D eigenvalue weighted by Crippen LogP contribution is -2.52. The van der Waals surface area contributed by atoms with Gasteiger partial charge in [-0.15, -0.1) is 0 Å². The summed E-state index contributed by atoms with van der Waals surface area (Å²) in [6, 6.07) is 13.0. The van der Waals surface area contributed by atoms with E-state index in [0.717, 1.165) is 54.9 Å². The van der Waals surface area contributed by atoms with E-state index in [4.69, 9.17) is 0 Å². The maximum Gasteiger partial charge on any atom is 0.278 e. The van der Waals surface area contributed by atoms with Crippen LogP contribution in [0.25, 0.3) is 10.8 Å². The highest BCUT2D eigenvalue weighted by Gasteiger charge is 2.27. The molecule has 0 saturated carbocycles. The quantitative estimate of drug-likeness (QED) is 0.401. The Bertz CT molecular complexity index is 1190. The third-order valence-corrected chi connectivity index (χ3v) is 6.91. The van der Waals surface area contributed by atoms with Gasteiger partial charge in [0.15, 0.2) is 0 Å². The van der Waals surface area contributed by atoms with Gasteiger partial charge in [0.05, 0.1) is 16.4 Å². The SMILES string of the molecule is CC[C@H](C)c1ccccc1NC(=O)[C@H](C)N1CCN(c2ccc([N+](=O)[O-])c3cnccc23)CC1. The third-order valence-electron chi connectivity index (χ3n) is 6.91. The van der Waals surface area contributed by atoms with E-state index >= 15 is 0 Å².